The molecule has 0 saturated carbocycles. The Morgan fingerprint density at radius 1 is 1.05 bits per heavy atom. The molecule has 1 heterocycles. The van der Waals surface area contributed by atoms with E-state index in [4.69, 9.17) is 5.11 Å². The number of carboxylic acids is 2. The number of hydrogen-bond acceptors (Lipinski definition) is 9. The van der Waals surface area contributed by atoms with Crippen LogP contribution in [0.3, 0.4) is 0 Å². The molecule has 1 aromatic heterocycles. The maximum absolute atomic E-state index is 13.7. The first-order chi connectivity index (χ1) is 18.9. The van der Waals surface area contributed by atoms with Crippen LogP contribution in [0.5, 0.6) is 0 Å². The van der Waals surface area contributed by atoms with Gasteiger partial charge in [-0.25, -0.2) is 9.37 Å². The molecular formula is C26H25FN4O8S. The van der Waals surface area contributed by atoms with Crippen LogP contribution < -0.4 is 16.2 Å². The molecule has 0 fully saturated rings. The molecule has 14 heteroatoms. The van der Waals surface area contributed by atoms with Gasteiger partial charge in [-0.05, 0) is 48.9 Å². The van der Waals surface area contributed by atoms with Crippen molar-refractivity contribution in [2.45, 2.75) is 37.4 Å². The van der Waals surface area contributed by atoms with Crippen molar-refractivity contribution in [3.63, 3.8) is 0 Å². The van der Waals surface area contributed by atoms with E-state index in [2.05, 4.69) is 28.2 Å². The van der Waals surface area contributed by atoms with Crippen molar-refractivity contribution in [3.8, 4) is 11.4 Å². The first-order valence-electron chi connectivity index (χ1n) is 11.7. The summed E-state index contributed by atoms with van der Waals surface area (Å²) in [6.07, 6.45) is -3.67. The average Bonchev–Trinajstić information content (AvgIpc) is 2.92. The molecule has 3 atom stereocenters. The lowest BCUT2D eigenvalue weighted by atomic mass is 10.1. The average molecular weight is 573 g/mol. The molecule has 1 amide bonds. The molecule has 0 aliphatic heterocycles. The standard InChI is InChI=1S/C26H25FN4O8S/c1-13(32)21(35)23(29-18(26(38)39)10-20(33)34)31-22(15-6-8-17(27)9-7-15)28-11-19(25(31)37)30-24(36)16-4-2-14(12-40)3-5-16/h2-9,11,13,18,23,29,32,40H,10,12H2,1H3,(H,30,36)(H,33,34)(H,38,39)/t13?,18-,23?/m0/s1. The molecule has 210 valence electrons. The third kappa shape index (κ3) is 7.16. The molecule has 3 rings (SSSR count). The van der Waals surface area contributed by atoms with Gasteiger partial charge < -0.3 is 20.6 Å². The van der Waals surface area contributed by atoms with Crippen LogP contribution in [0, 0.1) is 5.82 Å². The second-order valence-corrected chi connectivity index (χ2v) is 8.94. The van der Waals surface area contributed by atoms with Crippen molar-refractivity contribution in [2.24, 2.45) is 0 Å². The van der Waals surface area contributed by atoms with Gasteiger partial charge in [0.1, 0.15) is 29.5 Å². The first kappa shape index (κ1) is 30.1. The lowest BCUT2D eigenvalue weighted by molar-refractivity contribution is -0.147. The Balaban J connectivity index is 2.19. The fraction of sp³-hybridized carbons (Fsp3) is 0.231. The van der Waals surface area contributed by atoms with Crippen molar-refractivity contribution < 1.29 is 38.9 Å². The van der Waals surface area contributed by atoms with Gasteiger partial charge in [0.15, 0.2) is 11.9 Å². The summed E-state index contributed by atoms with van der Waals surface area (Å²) in [4.78, 5) is 66.9. The maximum atomic E-state index is 13.7. The van der Waals surface area contributed by atoms with Crippen LogP contribution >= 0.6 is 12.6 Å². The Bertz CT molecular complexity index is 1480. The molecule has 0 aliphatic rings. The number of nitrogens with one attached hydrogen (secondary N) is 2. The molecule has 0 saturated heterocycles. The third-order valence-corrected chi connectivity index (χ3v) is 6.08. The van der Waals surface area contributed by atoms with E-state index in [1.54, 1.807) is 12.1 Å². The largest absolute Gasteiger partial charge is 0.481 e. The van der Waals surface area contributed by atoms with Crippen molar-refractivity contribution in [1.82, 2.24) is 14.9 Å². The fourth-order valence-corrected chi connectivity index (χ4v) is 3.87. The number of rotatable bonds is 12. The van der Waals surface area contributed by atoms with Gasteiger partial charge in [0, 0.05) is 16.9 Å². The molecule has 0 aliphatic carbocycles. The second-order valence-electron chi connectivity index (χ2n) is 8.62. The van der Waals surface area contributed by atoms with Crippen molar-refractivity contribution in [2.75, 3.05) is 5.32 Å². The Hall–Kier alpha value is -4.40. The number of aliphatic hydroxyl groups is 1. The zero-order valence-corrected chi connectivity index (χ0v) is 21.8. The first-order valence-corrected chi connectivity index (χ1v) is 12.4. The number of aliphatic carboxylic acids is 2. The van der Waals surface area contributed by atoms with Crippen LogP contribution in [0.1, 0.15) is 35.4 Å². The van der Waals surface area contributed by atoms with Gasteiger partial charge in [0.05, 0.1) is 12.6 Å². The topological polar surface area (TPSA) is 188 Å². The van der Waals surface area contributed by atoms with Gasteiger partial charge in [-0.3, -0.25) is 33.9 Å². The highest BCUT2D eigenvalue weighted by atomic mass is 32.1. The Labute approximate surface area is 231 Å². The second kappa shape index (κ2) is 13.1. The SMILES string of the molecule is CC(O)C(=O)C(N[C@@H](CC(=O)O)C(=O)O)n1c(-c2ccc(F)cc2)ncc(NC(=O)c2ccc(CS)cc2)c1=O. The Morgan fingerprint density at radius 2 is 1.68 bits per heavy atom. The van der Waals surface area contributed by atoms with Gasteiger partial charge in [-0.15, -0.1) is 0 Å². The number of nitrogens with zero attached hydrogens (tertiary/aromatic N) is 2. The number of amides is 1. The summed E-state index contributed by atoms with van der Waals surface area (Å²) >= 11 is 4.16. The summed E-state index contributed by atoms with van der Waals surface area (Å²) in [5.41, 5.74) is -0.312. The molecule has 0 bridgehead atoms. The highest BCUT2D eigenvalue weighted by Crippen LogP contribution is 2.22. The fourth-order valence-electron chi connectivity index (χ4n) is 3.66. The van der Waals surface area contributed by atoms with E-state index in [1.807, 2.05) is 0 Å². The predicted molar refractivity (Wildman–Crippen MR) is 144 cm³/mol. The summed E-state index contributed by atoms with van der Waals surface area (Å²) in [5.74, 6) is -5.41. The lowest BCUT2D eigenvalue weighted by Crippen LogP contribution is -2.50. The van der Waals surface area contributed by atoms with Crippen LogP contribution in [0.15, 0.2) is 59.5 Å². The van der Waals surface area contributed by atoms with E-state index >= 15 is 0 Å². The van der Waals surface area contributed by atoms with Crippen LogP contribution in [-0.4, -0.2) is 60.6 Å². The van der Waals surface area contributed by atoms with Gasteiger partial charge in [-0.2, -0.15) is 12.6 Å². The summed E-state index contributed by atoms with van der Waals surface area (Å²) in [6, 6.07) is 9.04. The van der Waals surface area contributed by atoms with E-state index in [9.17, 15) is 38.6 Å². The number of Topliss-reactive ketones (excluding diaryl/α,β-unsaturated/α-hetero) is 1. The van der Waals surface area contributed by atoms with Crippen molar-refractivity contribution >= 4 is 41.9 Å². The highest BCUT2D eigenvalue weighted by molar-refractivity contribution is 7.79. The molecule has 2 unspecified atom stereocenters. The van der Waals surface area contributed by atoms with Gasteiger partial charge in [-0.1, -0.05) is 12.1 Å². The molecule has 0 spiro atoms. The summed E-state index contributed by atoms with van der Waals surface area (Å²) in [6.45, 7) is 1.07. The quantitative estimate of drug-likeness (QED) is 0.174. The van der Waals surface area contributed by atoms with Gasteiger partial charge in [0.25, 0.3) is 11.5 Å². The van der Waals surface area contributed by atoms with E-state index in [0.717, 1.165) is 30.8 Å². The zero-order chi connectivity index (χ0) is 29.6. The highest BCUT2D eigenvalue weighted by Gasteiger charge is 2.34. The molecular weight excluding hydrogens is 547 g/mol. The molecule has 12 nitrogen and oxygen atoms in total. The maximum Gasteiger partial charge on any atom is 0.321 e. The Morgan fingerprint density at radius 3 is 2.20 bits per heavy atom. The molecule has 2 aromatic carbocycles. The summed E-state index contributed by atoms with van der Waals surface area (Å²) < 4.78 is 14.3. The number of ketones is 1. The number of benzene rings is 2. The van der Waals surface area contributed by atoms with E-state index in [0.29, 0.717) is 10.3 Å². The van der Waals surface area contributed by atoms with Crippen molar-refractivity contribution in [3.05, 3.63) is 82.0 Å². The smallest absolute Gasteiger partial charge is 0.321 e. The number of hydrogen-bond donors (Lipinski definition) is 6. The third-order valence-electron chi connectivity index (χ3n) is 5.72. The van der Waals surface area contributed by atoms with Crippen LogP contribution in [-0.2, 0) is 20.1 Å². The minimum atomic E-state index is -1.95. The monoisotopic (exact) mass is 572 g/mol. The zero-order valence-electron chi connectivity index (χ0n) is 20.9. The lowest BCUT2D eigenvalue weighted by Gasteiger charge is -2.27. The molecule has 0 radical (unpaired) electrons. The summed E-state index contributed by atoms with van der Waals surface area (Å²) in [7, 11) is 0. The van der Waals surface area contributed by atoms with E-state index in [-0.39, 0.29) is 17.0 Å². The number of aliphatic hydroxyl groups excluding tert-OH is 1. The number of carbonyl (C=O) groups is 4. The molecule has 40 heavy (non-hydrogen) atoms. The van der Waals surface area contributed by atoms with Crippen LogP contribution in [0.25, 0.3) is 11.4 Å². The minimum absolute atomic E-state index is 0.119. The number of thiol groups is 1. The molecule has 5 N–H and O–H groups in total. The van der Waals surface area contributed by atoms with Crippen molar-refractivity contribution in [1.29, 1.82) is 0 Å². The predicted octanol–water partition coefficient (Wildman–Crippen LogP) is 1.70. The minimum Gasteiger partial charge on any atom is -0.481 e. The number of aromatic nitrogens is 2. The molecule has 3 aromatic rings. The van der Waals surface area contributed by atoms with Crippen LogP contribution in [0.4, 0.5) is 10.1 Å². The van der Waals surface area contributed by atoms with Crippen LogP contribution in [0.2, 0.25) is 0 Å². The normalized spacial score (nSPS) is 13.2. The van der Waals surface area contributed by atoms with Gasteiger partial charge in [0.2, 0.25) is 0 Å². The number of halogens is 1. The summed E-state index contributed by atoms with van der Waals surface area (Å²) in [5, 5.41) is 33.5. The number of anilines is 1. The Kier molecular flexibility index (Phi) is 9.87. The van der Waals surface area contributed by atoms with E-state index < -0.39 is 65.4 Å². The van der Waals surface area contributed by atoms with Gasteiger partial charge >= 0.3 is 11.9 Å². The van der Waals surface area contributed by atoms with E-state index in [1.165, 1.54) is 24.3 Å². The number of carboxylic acid groups (broad SMARTS) is 2. The number of carbonyl (C=O) groups excluding carboxylic acids is 2.